The minimum absolute atomic E-state index is 0.240. The van der Waals surface area contributed by atoms with E-state index in [2.05, 4.69) is 15.5 Å². The highest BCUT2D eigenvalue weighted by molar-refractivity contribution is 5.80. The number of benzene rings is 1. The van der Waals surface area contributed by atoms with Crippen LogP contribution in [0.1, 0.15) is 12.6 Å². The van der Waals surface area contributed by atoms with Crippen LogP contribution in [0.2, 0.25) is 0 Å². The summed E-state index contributed by atoms with van der Waals surface area (Å²) >= 11 is 0. The van der Waals surface area contributed by atoms with Crippen molar-refractivity contribution in [2.24, 2.45) is 7.05 Å². The molecule has 1 atom stereocenters. The van der Waals surface area contributed by atoms with Gasteiger partial charge in [-0.05, 0) is 38.1 Å². The zero-order valence-corrected chi connectivity index (χ0v) is 14.4. The number of aromatic nitrogens is 4. The van der Waals surface area contributed by atoms with Crippen LogP contribution in [0.5, 0.6) is 5.75 Å². The van der Waals surface area contributed by atoms with Crippen molar-refractivity contribution < 1.29 is 13.9 Å². The molecular weight excluding hydrogens is 325 g/mol. The number of rotatable bonds is 6. The Labute approximate surface area is 144 Å². The highest BCUT2D eigenvalue weighted by Crippen LogP contribution is 2.16. The molecule has 25 heavy (non-hydrogen) atoms. The third-order valence-corrected chi connectivity index (χ3v) is 3.93. The van der Waals surface area contributed by atoms with Crippen LogP contribution in [-0.2, 0) is 18.4 Å². The third-order valence-electron chi connectivity index (χ3n) is 3.93. The van der Waals surface area contributed by atoms with E-state index in [0.29, 0.717) is 18.8 Å². The van der Waals surface area contributed by atoms with Crippen molar-refractivity contribution >= 4 is 16.9 Å². The van der Waals surface area contributed by atoms with Gasteiger partial charge in [0.05, 0.1) is 18.4 Å². The lowest BCUT2D eigenvalue weighted by molar-refractivity contribution is -0.127. The average molecular weight is 345 g/mol. The summed E-state index contributed by atoms with van der Waals surface area (Å²) in [5.74, 6) is -0.139. The first-order valence-corrected chi connectivity index (χ1v) is 8.01. The maximum atomic E-state index is 12.9. The molecule has 132 valence electrons. The van der Waals surface area contributed by atoms with Gasteiger partial charge in [0.15, 0.2) is 6.10 Å². The molecule has 0 aliphatic heterocycles. The second kappa shape index (κ2) is 6.92. The van der Waals surface area contributed by atoms with Crippen LogP contribution >= 0.6 is 0 Å². The Morgan fingerprint density at radius 1 is 1.36 bits per heavy atom. The Balaban J connectivity index is 1.54. The van der Waals surface area contributed by atoms with Crippen molar-refractivity contribution in [3.8, 4) is 5.75 Å². The molecule has 1 N–H and O–H groups in total. The fraction of sp³-hybridized carbons (Fsp3) is 0.353. The summed E-state index contributed by atoms with van der Waals surface area (Å²) in [5.41, 5.74) is 2.82. The quantitative estimate of drug-likeness (QED) is 0.739. The lowest BCUT2D eigenvalue weighted by Gasteiger charge is -2.14. The molecule has 0 radical (unpaired) electrons. The van der Waals surface area contributed by atoms with E-state index in [1.165, 1.54) is 24.3 Å². The molecule has 0 bridgehead atoms. The first kappa shape index (κ1) is 16.9. The van der Waals surface area contributed by atoms with Crippen LogP contribution in [0.15, 0.2) is 30.5 Å². The zero-order valence-electron chi connectivity index (χ0n) is 14.4. The van der Waals surface area contributed by atoms with Crippen molar-refractivity contribution in [2.75, 3.05) is 6.54 Å². The van der Waals surface area contributed by atoms with Gasteiger partial charge in [0.2, 0.25) is 0 Å². The minimum atomic E-state index is -0.678. The number of halogens is 1. The molecule has 0 aliphatic rings. The van der Waals surface area contributed by atoms with Crippen molar-refractivity contribution in [3.63, 3.8) is 0 Å². The zero-order chi connectivity index (χ0) is 18.0. The number of aryl methyl sites for hydroxylation is 2. The number of carbonyl (C=O) groups excluding carboxylic acids is 1. The first-order chi connectivity index (χ1) is 12.0. The maximum absolute atomic E-state index is 12.9. The second-order valence-corrected chi connectivity index (χ2v) is 5.82. The van der Waals surface area contributed by atoms with Crippen LogP contribution in [0.25, 0.3) is 11.0 Å². The van der Waals surface area contributed by atoms with Crippen molar-refractivity contribution in [1.82, 2.24) is 24.9 Å². The van der Waals surface area contributed by atoms with Gasteiger partial charge in [0.1, 0.15) is 22.6 Å². The molecule has 3 aromatic rings. The highest BCUT2D eigenvalue weighted by atomic mass is 19.1. The van der Waals surface area contributed by atoms with Gasteiger partial charge < -0.3 is 10.1 Å². The van der Waals surface area contributed by atoms with Gasteiger partial charge in [-0.1, -0.05) is 0 Å². The first-order valence-electron chi connectivity index (χ1n) is 8.01. The molecule has 3 rings (SSSR count). The van der Waals surface area contributed by atoms with Crippen molar-refractivity contribution in [3.05, 3.63) is 42.0 Å². The molecule has 7 nitrogen and oxygen atoms in total. The molecule has 0 aliphatic carbocycles. The van der Waals surface area contributed by atoms with Crippen LogP contribution in [-0.4, -0.2) is 38.1 Å². The molecule has 1 aromatic carbocycles. The predicted molar refractivity (Wildman–Crippen MR) is 90.7 cm³/mol. The van der Waals surface area contributed by atoms with Crippen LogP contribution in [0.4, 0.5) is 4.39 Å². The standard InChI is InChI=1S/C17H20FN5O2/c1-11-16-15(22(3)21-11)10-20-23(16)9-8-19-17(24)12(2)25-14-6-4-13(18)5-7-14/h4-7,10,12H,8-9H2,1-3H3,(H,19,24)/t12-/m1/s1. The molecule has 2 aromatic heterocycles. The van der Waals surface area contributed by atoms with Gasteiger partial charge in [-0.25, -0.2) is 4.39 Å². The highest BCUT2D eigenvalue weighted by Gasteiger charge is 2.15. The lowest BCUT2D eigenvalue weighted by Crippen LogP contribution is -2.38. The van der Waals surface area contributed by atoms with Gasteiger partial charge in [0, 0.05) is 13.6 Å². The summed E-state index contributed by atoms with van der Waals surface area (Å²) in [6.07, 6.45) is 1.08. The molecule has 2 heterocycles. The number of amides is 1. The van der Waals surface area contributed by atoms with Gasteiger partial charge in [0.25, 0.3) is 5.91 Å². The van der Waals surface area contributed by atoms with E-state index in [9.17, 15) is 9.18 Å². The number of ether oxygens (including phenoxy) is 1. The van der Waals surface area contributed by atoms with E-state index in [1.54, 1.807) is 17.8 Å². The Kier molecular flexibility index (Phi) is 4.69. The molecular formula is C17H20FN5O2. The number of carbonyl (C=O) groups is 1. The van der Waals surface area contributed by atoms with Crippen molar-refractivity contribution in [2.45, 2.75) is 26.5 Å². The van der Waals surface area contributed by atoms with Crippen molar-refractivity contribution in [1.29, 1.82) is 0 Å². The van der Waals surface area contributed by atoms with Crippen LogP contribution in [0.3, 0.4) is 0 Å². The normalized spacial score (nSPS) is 12.3. The summed E-state index contributed by atoms with van der Waals surface area (Å²) in [4.78, 5) is 12.1. The fourth-order valence-corrected chi connectivity index (χ4v) is 2.68. The van der Waals surface area contributed by atoms with E-state index in [0.717, 1.165) is 16.7 Å². The van der Waals surface area contributed by atoms with E-state index in [4.69, 9.17) is 4.74 Å². The van der Waals surface area contributed by atoms with Crippen LogP contribution in [0, 0.1) is 12.7 Å². The molecule has 0 saturated heterocycles. The number of nitrogens with zero attached hydrogens (tertiary/aromatic N) is 4. The smallest absolute Gasteiger partial charge is 0.260 e. The average Bonchev–Trinajstić information content (AvgIpc) is 3.12. The fourth-order valence-electron chi connectivity index (χ4n) is 2.68. The summed E-state index contributed by atoms with van der Waals surface area (Å²) in [5, 5.41) is 11.5. The summed E-state index contributed by atoms with van der Waals surface area (Å²) in [6, 6.07) is 5.56. The summed E-state index contributed by atoms with van der Waals surface area (Å²) in [6.45, 7) is 4.53. The van der Waals surface area contributed by atoms with Gasteiger partial charge in [-0.2, -0.15) is 10.2 Å². The molecule has 8 heteroatoms. The Morgan fingerprint density at radius 3 is 2.80 bits per heavy atom. The van der Waals surface area contributed by atoms with E-state index >= 15 is 0 Å². The van der Waals surface area contributed by atoms with E-state index < -0.39 is 6.10 Å². The number of nitrogens with one attached hydrogen (secondary N) is 1. The maximum Gasteiger partial charge on any atom is 0.260 e. The second-order valence-electron chi connectivity index (χ2n) is 5.82. The molecule has 0 saturated carbocycles. The predicted octanol–water partition coefficient (Wildman–Crippen LogP) is 1.80. The number of hydrogen-bond donors (Lipinski definition) is 1. The number of hydrogen-bond acceptors (Lipinski definition) is 4. The SMILES string of the molecule is Cc1nn(C)c2cnn(CCNC(=O)[C@@H](C)Oc3ccc(F)cc3)c12. The molecule has 0 unspecified atom stereocenters. The molecule has 0 spiro atoms. The minimum Gasteiger partial charge on any atom is -0.481 e. The molecule has 1 amide bonds. The van der Waals surface area contributed by atoms with Gasteiger partial charge >= 0.3 is 0 Å². The number of fused-ring (bicyclic) bond motifs is 1. The summed E-state index contributed by atoms with van der Waals surface area (Å²) in [7, 11) is 1.87. The topological polar surface area (TPSA) is 74.0 Å². The monoisotopic (exact) mass is 345 g/mol. The van der Waals surface area contributed by atoms with E-state index in [1.807, 2.05) is 18.7 Å². The largest absolute Gasteiger partial charge is 0.481 e. The summed E-state index contributed by atoms with van der Waals surface area (Å²) < 4.78 is 22.0. The Morgan fingerprint density at radius 2 is 2.08 bits per heavy atom. The Hall–Kier alpha value is -2.90. The lowest BCUT2D eigenvalue weighted by atomic mass is 10.3. The van der Waals surface area contributed by atoms with E-state index in [-0.39, 0.29) is 11.7 Å². The Bertz CT molecular complexity index is 884. The van der Waals surface area contributed by atoms with Crippen LogP contribution < -0.4 is 10.1 Å². The third kappa shape index (κ3) is 3.62. The molecule has 0 fully saturated rings. The van der Waals surface area contributed by atoms with Gasteiger partial charge in [-0.3, -0.25) is 14.2 Å². The van der Waals surface area contributed by atoms with Gasteiger partial charge in [-0.15, -0.1) is 0 Å².